The van der Waals surface area contributed by atoms with Crippen molar-refractivity contribution < 1.29 is 4.79 Å². The van der Waals surface area contributed by atoms with Crippen LogP contribution >= 0.6 is 0 Å². The number of fused-ring (bicyclic) bond motifs is 1. The lowest BCUT2D eigenvalue weighted by atomic mass is 10.1. The minimum Gasteiger partial charge on any atom is -0.348 e. The SMILES string of the molecule is O=C(NCc1ccccc1Cn1cccn1)c1cnc2ccccn2c1=O. The van der Waals surface area contributed by atoms with Crippen molar-refractivity contribution >= 4 is 11.6 Å². The third kappa shape index (κ3) is 3.48. The second kappa shape index (κ2) is 7.25. The molecule has 0 atom stereocenters. The Balaban J connectivity index is 1.53. The molecule has 1 amide bonds. The number of rotatable bonds is 5. The van der Waals surface area contributed by atoms with Crippen LogP contribution in [0.4, 0.5) is 0 Å². The first-order valence-corrected chi connectivity index (χ1v) is 8.51. The first-order valence-electron chi connectivity index (χ1n) is 8.51. The van der Waals surface area contributed by atoms with Crippen LogP contribution in [0.2, 0.25) is 0 Å². The first kappa shape index (κ1) is 16.7. The molecule has 27 heavy (non-hydrogen) atoms. The van der Waals surface area contributed by atoms with E-state index in [1.807, 2.05) is 41.2 Å². The zero-order valence-electron chi connectivity index (χ0n) is 14.4. The maximum Gasteiger partial charge on any atom is 0.270 e. The predicted molar refractivity (Wildman–Crippen MR) is 100 cm³/mol. The van der Waals surface area contributed by atoms with Crippen molar-refractivity contribution in [3.8, 4) is 0 Å². The molecule has 134 valence electrons. The summed E-state index contributed by atoms with van der Waals surface area (Å²) in [5, 5.41) is 7.03. The Bertz CT molecular complexity index is 1150. The van der Waals surface area contributed by atoms with Gasteiger partial charge >= 0.3 is 0 Å². The molecule has 7 nitrogen and oxygen atoms in total. The molecule has 4 rings (SSSR count). The standard InChI is InChI=1S/C20H17N5O2/c26-19(17-13-21-18-8-3-4-11-25(18)20(17)27)22-12-15-6-1-2-7-16(15)14-24-10-5-9-23-24/h1-11,13H,12,14H2,(H,22,26). The van der Waals surface area contributed by atoms with Gasteiger partial charge in [0.2, 0.25) is 0 Å². The number of benzene rings is 1. The van der Waals surface area contributed by atoms with Gasteiger partial charge in [0.25, 0.3) is 11.5 Å². The number of hydrogen-bond donors (Lipinski definition) is 1. The van der Waals surface area contributed by atoms with Gasteiger partial charge in [-0.05, 0) is 29.3 Å². The zero-order chi connectivity index (χ0) is 18.6. The average Bonchev–Trinajstić information content (AvgIpc) is 3.21. The van der Waals surface area contributed by atoms with Gasteiger partial charge in [0, 0.05) is 31.3 Å². The van der Waals surface area contributed by atoms with Crippen molar-refractivity contribution in [2.24, 2.45) is 0 Å². The van der Waals surface area contributed by atoms with Crippen molar-refractivity contribution in [1.82, 2.24) is 24.5 Å². The Morgan fingerprint density at radius 3 is 2.63 bits per heavy atom. The molecule has 0 aliphatic carbocycles. The van der Waals surface area contributed by atoms with Crippen LogP contribution in [0.5, 0.6) is 0 Å². The lowest BCUT2D eigenvalue weighted by Crippen LogP contribution is -2.31. The summed E-state index contributed by atoms with van der Waals surface area (Å²) in [5.41, 5.74) is 2.15. The molecule has 0 unspecified atom stereocenters. The van der Waals surface area contributed by atoms with Gasteiger partial charge in [0.05, 0.1) is 6.54 Å². The van der Waals surface area contributed by atoms with Crippen LogP contribution in [0.3, 0.4) is 0 Å². The molecule has 0 aliphatic rings. The molecule has 0 spiro atoms. The van der Waals surface area contributed by atoms with Gasteiger partial charge in [0.1, 0.15) is 11.2 Å². The molecule has 0 aliphatic heterocycles. The molecule has 7 heteroatoms. The molecular formula is C20H17N5O2. The van der Waals surface area contributed by atoms with E-state index in [2.05, 4.69) is 15.4 Å². The fourth-order valence-corrected chi connectivity index (χ4v) is 2.91. The van der Waals surface area contributed by atoms with Crippen molar-refractivity contribution in [3.05, 3.63) is 100 Å². The molecule has 3 aromatic heterocycles. The quantitative estimate of drug-likeness (QED) is 0.590. The monoisotopic (exact) mass is 359 g/mol. The molecule has 4 aromatic rings. The van der Waals surface area contributed by atoms with E-state index in [4.69, 9.17) is 0 Å². The lowest BCUT2D eigenvalue weighted by molar-refractivity contribution is 0.0949. The zero-order valence-corrected chi connectivity index (χ0v) is 14.4. The summed E-state index contributed by atoms with van der Waals surface area (Å²) in [5.74, 6) is -0.445. The van der Waals surface area contributed by atoms with E-state index in [-0.39, 0.29) is 11.1 Å². The number of hydrogen-bond acceptors (Lipinski definition) is 4. The van der Waals surface area contributed by atoms with Crippen LogP contribution in [0.25, 0.3) is 5.65 Å². The summed E-state index contributed by atoms with van der Waals surface area (Å²) >= 11 is 0. The van der Waals surface area contributed by atoms with Crippen molar-refractivity contribution in [3.63, 3.8) is 0 Å². The van der Waals surface area contributed by atoms with Gasteiger partial charge in [-0.25, -0.2) is 4.98 Å². The Morgan fingerprint density at radius 2 is 1.81 bits per heavy atom. The highest BCUT2D eigenvalue weighted by Crippen LogP contribution is 2.10. The van der Waals surface area contributed by atoms with E-state index >= 15 is 0 Å². The van der Waals surface area contributed by atoms with E-state index in [0.29, 0.717) is 18.7 Å². The van der Waals surface area contributed by atoms with Crippen LogP contribution in [-0.4, -0.2) is 25.1 Å². The molecule has 3 heterocycles. The Labute approximate surface area is 154 Å². The van der Waals surface area contributed by atoms with Crippen molar-refractivity contribution in [2.45, 2.75) is 13.1 Å². The van der Waals surface area contributed by atoms with Gasteiger partial charge < -0.3 is 5.32 Å². The number of pyridine rings is 1. The molecule has 0 fully saturated rings. The van der Waals surface area contributed by atoms with E-state index in [0.717, 1.165) is 11.1 Å². The molecular weight excluding hydrogens is 342 g/mol. The summed E-state index contributed by atoms with van der Waals surface area (Å²) in [6, 6.07) is 14.9. The fraction of sp³-hybridized carbons (Fsp3) is 0.100. The van der Waals surface area contributed by atoms with E-state index < -0.39 is 5.91 Å². The van der Waals surface area contributed by atoms with E-state index in [9.17, 15) is 9.59 Å². The van der Waals surface area contributed by atoms with Gasteiger partial charge in [-0.15, -0.1) is 0 Å². The molecule has 0 radical (unpaired) electrons. The lowest BCUT2D eigenvalue weighted by Gasteiger charge is -2.11. The molecule has 0 saturated carbocycles. The third-order valence-electron chi connectivity index (χ3n) is 4.31. The largest absolute Gasteiger partial charge is 0.348 e. The number of aromatic nitrogens is 4. The topological polar surface area (TPSA) is 81.3 Å². The molecule has 1 N–H and O–H groups in total. The molecule has 0 bridgehead atoms. The highest BCUT2D eigenvalue weighted by atomic mass is 16.2. The summed E-state index contributed by atoms with van der Waals surface area (Å²) in [4.78, 5) is 29.2. The number of carbonyl (C=O) groups is 1. The summed E-state index contributed by atoms with van der Waals surface area (Å²) in [6.07, 6.45) is 6.53. The van der Waals surface area contributed by atoms with Crippen LogP contribution in [-0.2, 0) is 13.1 Å². The summed E-state index contributed by atoms with van der Waals surface area (Å²) < 4.78 is 3.18. The number of carbonyl (C=O) groups excluding carboxylic acids is 1. The van der Waals surface area contributed by atoms with Crippen LogP contribution in [0.1, 0.15) is 21.5 Å². The first-order chi connectivity index (χ1) is 13.2. The number of nitrogens with one attached hydrogen (secondary N) is 1. The second-order valence-corrected chi connectivity index (χ2v) is 6.06. The summed E-state index contributed by atoms with van der Waals surface area (Å²) in [7, 11) is 0. The highest BCUT2D eigenvalue weighted by molar-refractivity contribution is 5.93. The van der Waals surface area contributed by atoms with E-state index in [1.54, 1.807) is 30.6 Å². The minimum atomic E-state index is -0.445. The Hall–Kier alpha value is -3.74. The normalized spacial score (nSPS) is 10.8. The van der Waals surface area contributed by atoms with Gasteiger partial charge in [0.15, 0.2) is 0 Å². The van der Waals surface area contributed by atoms with E-state index in [1.165, 1.54) is 10.6 Å². The fourth-order valence-electron chi connectivity index (χ4n) is 2.91. The van der Waals surface area contributed by atoms with Gasteiger partial charge in [-0.2, -0.15) is 5.10 Å². The number of nitrogens with zero attached hydrogens (tertiary/aromatic N) is 4. The van der Waals surface area contributed by atoms with Crippen molar-refractivity contribution in [2.75, 3.05) is 0 Å². The van der Waals surface area contributed by atoms with Gasteiger partial charge in [-0.1, -0.05) is 30.3 Å². The average molecular weight is 359 g/mol. The highest BCUT2D eigenvalue weighted by Gasteiger charge is 2.13. The maximum atomic E-state index is 12.5. The maximum absolute atomic E-state index is 12.5. The Kier molecular flexibility index (Phi) is 4.49. The number of amides is 1. The molecule has 0 saturated heterocycles. The second-order valence-electron chi connectivity index (χ2n) is 6.06. The smallest absolute Gasteiger partial charge is 0.270 e. The summed E-state index contributed by atoms with van der Waals surface area (Å²) in [6.45, 7) is 0.923. The minimum absolute atomic E-state index is 0.0169. The van der Waals surface area contributed by atoms with Crippen molar-refractivity contribution in [1.29, 1.82) is 0 Å². The molecule has 1 aromatic carbocycles. The van der Waals surface area contributed by atoms with Gasteiger partial charge in [-0.3, -0.25) is 18.7 Å². The third-order valence-corrected chi connectivity index (χ3v) is 4.31. The predicted octanol–water partition coefficient (Wildman–Crippen LogP) is 1.87. The van der Waals surface area contributed by atoms with Crippen LogP contribution < -0.4 is 10.9 Å². The van der Waals surface area contributed by atoms with Crippen LogP contribution in [0.15, 0.2) is 78.1 Å². The Morgan fingerprint density at radius 1 is 1.00 bits per heavy atom. The van der Waals surface area contributed by atoms with Crippen LogP contribution in [0, 0.1) is 0 Å².